The third-order valence-electron chi connectivity index (χ3n) is 3.64. The Morgan fingerprint density at radius 2 is 1.96 bits per heavy atom. The number of rotatable bonds is 6. The van der Waals surface area contributed by atoms with Gasteiger partial charge in [0, 0.05) is 10.4 Å². The van der Waals surface area contributed by atoms with Crippen molar-refractivity contribution in [2.24, 2.45) is 0 Å². The van der Waals surface area contributed by atoms with Gasteiger partial charge < -0.3 is 9.47 Å². The van der Waals surface area contributed by atoms with Crippen LogP contribution in [0.3, 0.4) is 0 Å². The Bertz CT molecular complexity index is 970. The van der Waals surface area contributed by atoms with Crippen LogP contribution in [0.15, 0.2) is 39.6 Å². The number of thiophene rings is 1. The summed E-state index contributed by atoms with van der Waals surface area (Å²) in [5.41, 5.74) is 0.582. The van der Waals surface area contributed by atoms with Crippen LogP contribution >= 0.6 is 11.3 Å². The Hall–Kier alpha value is -2.87. The fourth-order valence-electron chi connectivity index (χ4n) is 2.40. The van der Waals surface area contributed by atoms with Gasteiger partial charge in [-0.2, -0.15) is 0 Å². The Kier molecular flexibility index (Phi) is 4.71. The molecule has 0 saturated heterocycles. The largest absolute Gasteiger partial charge is 0.493 e. The smallest absolute Gasteiger partial charge is 0.442 e. The molecular formula is C17H16N2O5S. The van der Waals surface area contributed by atoms with Crippen LogP contribution in [0.25, 0.3) is 11.4 Å². The molecule has 0 fully saturated rings. The lowest BCUT2D eigenvalue weighted by Crippen LogP contribution is -2.20. The summed E-state index contributed by atoms with van der Waals surface area (Å²) in [6.07, 6.45) is 0. The normalized spacial score (nSPS) is 10.7. The fourth-order valence-corrected chi connectivity index (χ4v) is 3.19. The minimum absolute atomic E-state index is 0.147. The van der Waals surface area contributed by atoms with E-state index >= 15 is 0 Å². The van der Waals surface area contributed by atoms with Crippen molar-refractivity contribution >= 4 is 17.1 Å². The zero-order valence-corrected chi connectivity index (χ0v) is 14.8. The maximum atomic E-state index is 12.4. The number of aryl methyl sites for hydroxylation is 1. The maximum absolute atomic E-state index is 12.4. The van der Waals surface area contributed by atoms with E-state index in [9.17, 15) is 9.59 Å². The summed E-state index contributed by atoms with van der Waals surface area (Å²) in [5.74, 6) is 0.431. The lowest BCUT2D eigenvalue weighted by atomic mass is 10.2. The number of hydrogen-bond acceptors (Lipinski definition) is 7. The van der Waals surface area contributed by atoms with Crippen LogP contribution in [0.5, 0.6) is 11.5 Å². The number of ketones is 1. The van der Waals surface area contributed by atoms with E-state index in [1.807, 2.05) is 13.0 Å². The monoisotopic (exact) mass is 360 g/mol. The van der Waals surface area contributed by atoms with Gasteiger partial charge in [0.15, 0.2) is 23.1 Å². The minimum atomic E-state index is -0.689. The molecule has 7 nitrogen and oxygen atoms in total. The topological polar surface area (TPSA) is 83.6 Å². The Labute approximate surface area is 147 Å². The van der Waals surface area contributed by atoms with Gasteiger partial charge in [-0.1, -0.05) is 5.16 Å². The van der Waals surface area contributed by atoms with E-state index < -0.39 is 5.76 Å². The van der Waals surface area contributed by atoms with Gasteiger partial charge in [-0.15, -0.1) is 11.3 Å². The first-order valence-electron chi connectivity index (χ1n) is 7.42. The molecule has 3 aromatic rings. The number of benzene rings is 1. The highest BCUT2D eigenvalue weighted by Gasteiger charge is 2.19. The van der Waals surface area contributed by atoms with Crippen molar-refractivity contribution in [2.75, 3.05) is 14.2 Å². The van der Waals surface area contributed by atoms with Crippen molar-refractivity contribution in [3.63, 3.8) is 0 Å². The molecule has 130 valence electrons. The van der Waals surface area contributed by atoms with Crippen molar-refractivity contribution in [1.82, 2.24) is 9.72 Å². The summed E-state index contributed by atoms with van der Waals surface area (Å²) in [6.45, 7) is 1.77. The first kappa shape index (κ1) is 17.0. The quantitative estimate of drug-likeness (QED) is 0.629. The molecule has 0 unspecified atom stereocenters. The molecule has 0 aliphatic heterocycles. The summed E-state index contributed by atoms with van der Waals surface area (Å²) < 4.78 is 16.4. The number of Topliss-reactive ketones (excluding diaryl/α,β-unsaturated/α-hetero) is 1. The molecule has 0 saturated carbocycles. The Balaban J connectivity index is 1.97. The summed E-state index contributed by atoms with van der Waals surface area (Å²) in [5, 5.41) is 3.80. The molecule has 25 heavy (non-hydrogen) atoms. The molecule has 0 amide bonds. The average Bonchev–Trinajstić information content (AvgIpc) is 3.21. The van der Waals surface area contributed by atoms with Gasteiger partial charge in [0.2, 0.25) is 0 Å². The maximum Gasteiger partial charge on any atom is 0.442 e. The van der Waals surface area contributed by atoms with Crippen LogP contribution in [0.1, 0.15) is 14.5 Å². The van der Waals surface area contributed by atoms with Crippen LogP contribution in [-0.2, 0) is 6.54 Å². The number of nitrogens with zero attached hydrogens (tertiary/aromatic N) is 2. The van der Waals surface area contributed by atoms with E-state index in [4.69, 9.17) is 14.0 Å². The standard InChI is InChI=1S/C17H16N2O5S/c1-10-4-7-15(25-10)12(20)9-19-16(18-24-17(19)21)11-5-6-13(22-2)14(8-11)23-3/h4-8H,9H2,1-3H3. The van der Waals surface area contributed by atoms with Crippen LogP contribution < -0.4 is 15.2 Å². The van der Waals surface area contributed by atoms with Gasteiger partial charge in [0.1, 0.15) is 0 Å². The second kappa shape index (κ2) is 6.94. The predicted molar refractivity (Wildman–Crippen MR) is 92.7 cm³/mol. The average molecular weight is 360 g/mol. The summed E-state index contributed by atoms with van der Waals surface area (Å²) in [7, 11) is 3.05. The number of carbonyl (C=O) groups excluding carboxylic acids is 1. The third kappa shape index (κ3) is 3.34. The molecule has 2 aromatic heterocycles. The third-order valence-corrected chi connectivity index (χ3v) is 4.69. The Morgan fingerprint density at radius 3 is 2.60 bits per heavy atom. The van der Waals surface area contributed by atoms with Crippen LogP contribution in [-0.4, -0.2) is 29.7 Å². The van der Waals surface area contributed by atoms with Crippen molar-refractivity contribution in [3.8, 4) is 22.9 Å². The van der Waals surface area contributed by atoms with Crippen molar-refractivity contribution in [1.29, 1.82) is 0 Å². The summed E-state index contributed by atoms with van der Waals surface area (Å²) >= 11 is 1.38. The zero-order chi connectivity index (χ0) is 18.0. The molecule has 3 rings (SSSR count). The second-order valence-corrected chi connectivity index (χ2v) is 6.55. The van der Waals surface area contributed by atoms with Gasteiger partial charge in [0.05, 0.1) is 25.6 Å². The second-order valence-electron chi connectivity index (χ2n) is 5.26. The van der Waals surface area contributed by atoms with Gasteiger partial charge in [-0.25, -0.2) is 9.36 Å². The van der Waals surface area contributed by atoms with E-state index in [1.54, 1.807) is 24.3 Å². The van der Waals surface area contributed by atoms with E-state index in [0.29, 0.717) is 21.9 Å². The van der Waals surface area contributed by atoms with E-state index in [1.165, 1.54) is 30.1 Å². The number of methoxy groups -OCH3 is 2. The molecule has 0 bridgehead atoms. The van der Waals surface area contributed by atoms with E-state index in [-0.39, 0.29) is 18.2 Å². The fraction of sp³-hybridized carbons (Fsp3) is 0.235. The van der Waals surface area contributed by atoms with E-state index in [2.05, 4.69) is 5.16 Å². The highest BCUT2D eigenvalue weighted by molar-refractivity contribution is 7.14. The van der Waals surface area contributed by atoms with Crippen LogP contribution in [0.4, 0.5) is 0 Å². The van der Waals surface area contributed by atoms with Gasteiger partial charge in [-0.3, -0.25) is 9.32 Å². The van der Waals surface area contributed by atoms with Gasteiger partial charge in [-0.05, 0) is 37.3 Å². The van der Waals surface area contributed by atoms with Gasteiger partial charge in [0.25, 0.3) is 0 Å². The summed E-state index contributed by atoms with van der Waals surface area (Å²) in [4.78, 5) is 26.0. The number of hydrogen-bond donors (Lipinski definition) is 0. The van der Waals surface area contributed by atoms with E-state index in [0.717, 1.165) is 4.88 Å². The molecular weight excluding hydrogens is 344 g/mol. The molecule has 0 aliphatic carbocycles. The number of carbonyl (C=O) groups is 1. The molecule has 8 heteroatoms. The molecule has 0 atom stereocenters. The molecule has 2 heterocycles. The van der Waals surface area contributed by atoms with Crippen molar-refractivity contribution in [3.05, 3.63) is 50.6 Å². The summed E-state index contributed by atoms with van der Waals surface area (Å²) in [6, 6.07) is 8.70. The molecule has 0 N–H and O–H groups in total. The van der Waals surface area contributed by atoms with Crippen molar-refractivity contribution < 1.29 is 18.8 Å². The minimum Gasteiger partial charge on any atom is -0.493 e. The lowest BCUT2D eigenvalue weighted by molar-refractivity contribution is 0.0973. The number of ether oxygens (including phenoxy) is 2. The lowest BCUT2D eigenvalue weighted by Gasteiger charge is -2.09. The zero-order valence-electron chi connectivity index (χ0n) is 13.9. The molecule has 0 spiro atoms. The Morgan fingerprint density at radius 1 is 1.20 bits per heavy atom. The van der Waals surface area contributed by atoms with Crippen LogP contribution in [0, 0.1) is 6.92 Å². The predicted octanol–water partition coefficient (Wildman–Crippen LogP) is 2.77. The van der Waals surface area contributed by atoms with Gasteiger partial charge >= 0.3 is 5.76 Å². The highest BCUT2D eigenvalue weighted by atomic mass is 32.1. The highest BCUT2D eigenvalue weighted by Crippen LogP contribution is 2.31. The number of aromatic nitrogens is 2. The molecule has 0 aliphatic rings. The SMILES string of the molecule is COc1ccc(-c2noc(=O)n2CC(=O)c2ccc(C)s2)cc1OC. The van der Waals surface area contributed by atoms with Crippen LogP contribution in [0.2, 0.25) is 0 Å². The first-order chi connectivity index (χ1) is 12.0. The van der Waals surface area contributed by atoms with Crippen molar-refractivity contribution in [2.45, 2.75) is 13.5 Å². The first-order valence-corrected chi connectivity index (χ1v) is 8.23. The molecule has 1 aromatic carbocycles. The molecule has 0 radical (unpaired) electrons.